The van der Waals surface area contributed by atoms with Crippen molar-refractivity contribution in [3.05, 3.63) is 55.5 Å². The quantitative estimate of drug-likeness (QED) is 0.350. The summed E-state index contributed by atoms with van der Waals surface area (Å²) in [5, 5.41) is 3.33. The fourth-order valence-corrected chi connectivity index (χ4v) is 3.96. The SMILES string of the molecule is Clc1ccc(CCBr)c(Cl)c1Oc1c(Cl)ccc(CCBr)c1Cl. The van der Waals surface area contributed by atoms with Crippen LogP contribution >= 0.6 is 78.3 Å². The van der Waals surface area contributed by atoms with Crippen molar-refractivity contribution < 1.29 is 4.74 Å². The smallest absolute Gasteiger partial charge is 0.165 e. The van der Waals surface area contributed by atoms with E-state index in [1.165, 1.54) is 0 Å². The summed E-state index contributed by atoms with van der Waals surface area (Å²) in [6, 6.07) is 7.27. The monoisotopic (exact) mass is 518 g/mol. The van der Waals surface area contributed by atoms with Crippen molar-refractivity contribution in [2.45, 2.75) is 12.8 Å². The van der Waals surface area contributed by atoms with Crippen LogP contribution in [0.5, 0.6) is 11.5 Å². The van der Waals surface area contributed by atoms with Crippen LogP contribution in [-0.2, 0) is 12.8 Å². The predicted molar refractivity (Wildman–Crippen MR) is 108 cm³/mol. The third kappa shape index (κ3) is 4.71. The van der Waals surface area contributed by atoms with E-state index >= 15 is 0 Å². The Bertz CT molecular complexity index is 647. The molecule has 2 aromatic rings. The second kappa shape index (κ2) is 9.17. The maximum absolute atomic E-state index is 6.42. The maximum atomic E-state index is 6.42. The van der Waals surface area contributed by atoms with E-state index in [4.69, 9.17) is 51.1 Å². The third-order valence-electron chi connectivity index (χ3n) is 3.19. The molecule has 0 radical (unpaired) electrons. The van der Waals surface area contributed by atoms with Crippen LogP contribution in [0.3, 0.4) is 0 Å². The lowest BCUT2D eigenvalue weighted by Crippen LogP contribution is -1.96. The molecule has 0 fully saturated rings. The highest BCUT2D eigenvalue weighted by molar-refractivity contribution is 9.09. The van der Waals surface area contributed by atoms with Crippen LogP contribution in [-0.4, -0.2) is 10.7 Å². The Balaban J connectivity index is 2.47. The van der Waals surface area contributed by atoms with E-state index in [0.717, 1.165) is 34.6 Å². The van der Waals surface area contributed by atoms with Crippen molar-refractivity contribution in [1.82, 2.24) is 0 Å². The average molecular weight is 522 g/mol. The Kier molecular flexibility index (Phi) is 7.84. The van der Waals surface area contributed by atoms with Gasteiger partial charge in [0.2, 0.25) is 0 Å². The first-order valence-corrected chi connectivity index (χ1v) is 10.5. The topological polar surface area (TPSA) is 9.23 Å². The highest BCUT2D eigenvalue weighted by Gasteiger charge is 2.18. The largest absolute Gasteiger partial charge is 0.451 e. The van der Waals surface area contributed by atoms with E-state index in [0.29, 0.717) is 31.6 Å². The molecule has 0 spiro atoms. The van der Waals surface area contributed by atoms with E-state index in [-0.39, 0.29) is 0 Å². The van der Waals surface area contributed by atoms with Crippen LogP contribution in [0.25, 0.3) is 0 Å². The highest BCUT2D eigenvalue weighted by Crippen LogP contribution is 2.44. The molecule has 0 unspecified atom stereocenters. The number of ether oxygens (including phenoxy) is 1. The first kappa shape index (κ1) is 19.7. The van der Waals surface area contributed by atoms with Crippen LogP contribution < -0.4 is 4.74 Å². The van der Waals surface area contributed by atoms with Gasteiger partial charge in [-0.15, -0.1) is 0 Å². The highest BCUT2D eigenvalue weighted by atomic mass is 79.9. The molecule has 0 N–H and O–H groups in total. The summed E-state index contributed by atoms with van der Waals surface area (Å²) in [7, 11) is 0. The first-order chi connectivity index (χ1) is 11.0. The van der Waals surface area contributed by atoms with Gasteiger partial charge >= 0.3 is 0 Å². The molecule has 0 amide bonds. The average Bonchev–Trinajstić information content (AvgIpc) is 2.52. The van der Waals surface area contributed by atoms with Gasteiger partial charge in [-0.05, 0) is 36.1 Å². The van der Waals surface area contributed by atoms with Crippen molar-refractivity contribution in [2.24, 2.45) is 0 Å². The van der Waals surface area contributed by atoms with Crippen molar-refractivity contribution >= 4 is 78.3 Å². The number of halogens is 6. The molecule has 0 aliphatic rings. The summed E-state index contributed by atoms with van der Waals surface area (Å²) in [5.41, 5.74) is 1.87. The second-order valence-electron chi connectivity index (χ2n) is 4.68. The fraction of sp³-hybridized carbons (Fsp3) is 0.250. The number of alkyl halides is 2. The molecule has 0 aliphatic carbocycles. The summed E-state index contributed by atoms with van der Waals surface area (Å²) in [6.45, 7) is 0. The Labute approximate surface area is 172 Å². The molecular weight excluding hydrogens is 510 g/mol. The summed E-state index contributed by atoms with van der Waals surface area (Å²) < 4.78 is 5.92. The first-order valence-electron chi connectivity index (χ1n) is 6.73. The zero-order valence-electron chi connectivity index (χ0n) is 11.8. The van der Waals surface area contributed by atoms with Gasteiger partial charge in [-0.1, -0.05) is 90.4 Å². The lowest BCUT2D eigenvalue weighted by molar-refractivity contribution is 0.482. The lowest BCUT2D eigenvalue weighted by Gasteiger charge is -2.16. The van der Waals surface area contributed by atoms with Gasteiger partial charge in [-0.3, -0.25) is 0 Å². The Morgan fingerprint density at radius 3 is 1.43 bits per heavy atom. The number of aryl methyl sites for hydroxylation is 2. The Morgan fingerprint density at radius 2 is 1.09 bits per heavy atom. The van der Waals surface area contributed by atoms with Gasteiger partial charge in [-0.2, -0.15) is 0 Å². The number of benzene rings is 2. The van der Waals surface area contributed by atoms with Crippen molar-refractivity contribution in [1.29, 1.82) is 0 Å². The minimum Gasteiger partial charge on any atom is -0.451 e. The van der Waals surface area contributed by atoms with E-state index in [2.05, 4.69) is 31.9 Å². The molecule has 0 atom stereocenters. The van der Waals surface area contributed by atoms with Crippen LogP contribution in [0.2, 0.25) is 20.1 Å². The van der Waals surface area contributed by atoms with Gasteiger partial charge in [0.25, 0.3) is 0 Å². The minimum atomic E-state index is 0.367. The molecule has 0 saturated carbocycles. The van der Waals surface area contributed by atoms with Gasteiger partial charge in [0, 0.05) is 10.7 Å². The molecule has 7 heteroatoms. The molecule has 0 saturated heterocycles. The van der Waals surface area contributed by atoms with Crippen molar-refractivity contribution in [3.8, 4) is 11.5 Å². The Morgan fingerprint density at radius 1 is 0.696 bits per heavy atom. The standard InChI is InChI=1S/C16H12Br2Cl4O/c17-7-5-9-1-3-11(19)15(13(9)21)23-16-12(20)4-2-10(6-8-18)14(16)22/h1-4H,5-8H2. The molecule has 2 rings (SSSR count). The van der Waals surface area contributed by atoms with Gasteiger partial charge in [0.05, 0.1) is 20.1 Å². The molecule has 1 nitrogen and oxygen atoms in total. The van der Waals surface area contributed by atoms with Crippen LogP contribution in [0, 0.1) is 0 Å². The molecule has 0 bridgehead atoms. The Hall–Kier alpha value is 0.360. The van der Waals surface area contributed by atoms with Crippen molar-refractivity contribution in [3.63, 3.8) is 0 Å². The van der Waals surface area contributed by atoms with Crippen LogP contribution in [0.4, 0.5) is 0 Å². The number of hydrogen-bond acceptors (Lipinski definition) is 1. The van der Waals surface area contributed by atoms with Gasteiger partial charge in [-0.25, -0.2) is 0 Å². The number of hydrogen-bond donors (Lipinski definition) is 0. The zero-order valence-corrected chi connectivity index (χ0v) is 18.0. The van der Waals surface area contributed by atoms with Crippen LogP contribution in [0.1, 0.15) is 11.1 Å². The van der Waals surface area contributed by atoms with Gasteiger partial charge in [0.1, 0.15) is 0 Å². The minimum absolute atomic E-state index is 0.367. The summed E-state index contributed by atoms with van der Waals surface area (Å²) >= 11 is 32.1. The van der Waals surface area contributed by atoms with E-state index in [1.807, 2.05) is 12.1 Å². The third-order valence-corrected chi connectivity index (χ3v) is 5.41. The second-order valence-corrected chi connectivity index (χ2v) is 7.84. The molecule has 2 aromatic carbocycles. The van der Waals surface area contributed by atoms with E-state index in [9.17, 15) is 0 Å². The fourth-order valence-electron chi connectivity index (χ4n) is 2.03. The van der Waals surface area contributed by atoms with E-state index in [1.54, 1.807) is 12.1 Å². The lowest BCUT2D eigenvalue weighted by atomic mass is 10.1. The predicted octanol–water partition coefficient (Wildman–Crippen LogP) is 7.97. The molecule has 0 aromatic heterocycles. The van der Waals surface area contributed by atoms with Crippen molar-refractivity contribution in [2.75, 3.05) is 10.7 Å². The molecule has 0 aliphatic heterocycles. The summed E-state index contributed by atoms with van der Waals surface area (Å²) in [4.78, 5) is 0. The van der Waals surface area contributed by atoms with Gasteiger partial charge < -0.3 is 4.74 Å². The molecule has 124 valence electrons. The summed E-state index contributed by atoms with van der Waals surface area (Å²) in [6.07, 6.45) is 1.52. The zero-order chi connectivity index (χ0) is 17.0. The maximum Gasteiger partial charge on any atom is 0.165 e. The normalized spacial score (nSPS) is 10.9. The molecule has 0 heterocycles. The summed E-state index contributed by atoms with van der Waals surface area (Å²) in [5.74, 6) is 0.734. The van der Waals surface area contributed by atoms with Gasteiger partial charge in [0.15, 0.2) is 11.5 Å². The number of rotatable bonds is 6. The molecular formula is C16H12Br2Cl4O. The van der Waals surface area contributed by atoms with Crippen LogP contribution in [0.15, 0.2) is 24.3 Å². The van der Waals surface area contributed by atoms with E-state index < -0.39 is 0 Å². The molecule has 23 heavy (non-hydrogen) atoms.